The molecule has 222 valence electrons. The third-order valence-electron chi connectivity index (χ3n) is 10.3. The monoisotopic (exact) mass is 609 g/mol. The van der Waals surface area contributed by atoms with Gasteiger partial charge in [0, 0.05) is 49.8 Å². The van der Waals surface area contributed by atoms with Crippen LogP contribution in [0.25, 0.3) is 99.3 Å². The Hall–Kier alpha value is -6.45. The highest BCUT2D eigenvalue weighted by Crippen LogP contribution is 2.48. The molecule has 48 heavy (non-hydrogen) atoms. The molecule has 0 saturated heterocycles. The van der Waals surface area contributed by atoms with Gasteiger partial charge in [-0.05, 0) is 82.9 Å². The minimum atomic E-state index is 1.08. The smallest absolute Gasteiger partial charge is 0.0793 e. The van der Waals surface area contributed by atoms with Crippen LogP contribution in [0.5, 0.6) is 0 Å². The van der Waals surface area contributed by atoms with Gasteiger partial charge in [-0.1, -0.05) is 97.1 Å². The summed E-state index contributed by atoms with van der Waals surface area (Å²) in [6, 6.07) is 57.4. The molecule has 0 bridgehead atoms. The van der Waals surface area contributed by atoms with E-state index in [1.807, 2.05) is 6.20 Å². The standard InChI is InChI=1S/C45H27N3/c1-2-10-30(11-3-1)47-39-16-8-6-13-32(39)37-26-28(18-21-42(37)47)29-19-22-43-38(27-29)33-14-7-9-17-40(33)48(43)41-23-20-34-31-12-4-5-15-35(31)45-44(34)36(41)24-25-46-45/h1-27H. The van der Waals surface area contributed by atoms with Crippen LogP contribution in [0.1, 0.15) is 0 Å². The van der Waals surface area contributed by atoms with E-state index in [0.717, 1.165) is 5.69 Å². The van der Waals surface area contributed by atoms with Crippen molar-refractivity contribution in [2.45, 2.75) is 0 Å². The molecule has 11 rings (SSSR count). The van der Waals surface area contributed by atoms with Gasteiger partial charge in [-0.15, -0.1) is 0 Å². The van der Waals surface area contributed by atoms with Crippen molar-refractivity contribution in [2.75, 3.05) is 0 Å². The summed E-state index contributed by atoms with van der Waals surface area (Å²) in [4.78, 5) is 4.86. The second-order valence-corrected chi connectivity index (χ2v) is 12.8. The Kier molecular flexibility index (Phi) is 5.11. The van der Waals surface area contributed by atoms with Crippen LogP contribution in [0.3, 0.4) is 0 Å². The molecule has 10 aromatic rings. The van der Waals surface area contributed by atoms with Crippen molar-refractivity contribution >= 4 is 54.4 Å². The van der Waals surface area contributed by atoms with E-state index >= 15 is 0 Å². The van der Waals surface area contributed by atoms with Crippen molar-refractivity contribution in [3.63, 3.8) is 0 Å². The maximum atomic E-state index is 4.86. The molecule has 0 amide bonds. The van der Waals surface area contributed by atoms with Crippen LogP contribution in [0.4, 0.5) is 0 Å². The zero-order chi connectivity index (χ0) is 31.3. The van der Waals surface area contributed by atoms with E-state index in [2.05, 4.69) is 167 Å². The highest BCUT2D eigenvalue weighted by atomic mass is 15.0. The van der Waals surface area contributed by atoms with E-state index in [1.54, 1.807) is 0 Å². The molecular weight excluding hydrogens is 583 g/mol. The van der Waals surface area contributed by atoms with E-state index in [1.165, 1.54) is 93.6 Å². The summed E-state index contributed by atoms with van der Waals surface area (Å²) in [6.45, 7) is 0. The number of benzene rings is 7. The van der Waals surface area contributed by atoms with Crippen molar-refractivity contribution in [3.8, 4) is 44.9 Å². The fourth-order valence-electron chi connectivity index (χ4n) is 8.25. The molecule has 0 spiro atoms. The fourth-order valence-corrected chi connectivity index (χ4v) is 8.25. The largest absolute Gasteiger partial charge is 0.309 e. The third kappa shape index (κ3) is 3.40. The number of hydrogen-bond donors (Lipinski definition) is 0. The summed E-state index contributed by atoms with van der Waals surface area (Å²) < 4.78 is 4.81. The lowest BCUT2D eigenvalue weighted by atomic mass is 10.0. The number of fused-ring (bicyclic) bond motifs is 9. The fraction of sp³-hybridized carbons (Fsp3) is 0. The molecule has 3 heteroatoms. The normalized spacial score (nSPS) is 12.2. The lowest BCUT2D eigenvalue weighted by molar-refractivity contribution is 1.18. The highest BCUT2D eigenvalue weighted by Gasteiger charge is 2.25. The maximum Gasteiger partial charge on any atom is 0.0793 e. The van der Waals surface area contributed by atoms with E-state index in [4.69, 9.17) is 4.98 Å². The molecule has 7 aromatic carbocycles. The van der Waals surface area contributed by atoms with Gasteiger partial charge in [0.15, 0.2) is 0 Å². The summed E-state index contributed by atoms with van der Waals surface area (Å²) in [5.41, 5.74) is 14.4. The van der Waals surface area contributed by atoms with Crippen molar-refractivity contribution < 1.29 is 0 Å². The second-order valence-electron chi connectivity index (χ2n) is 12.8. The molecule has 0 N–H and O–H groups in total. The molecule has 0 saturated carbocycles. The van der Waals surface area contributed by atoms with Gasteiger partial charge >= 0.3 is 0 Å². The van der Waals surface area contributed by atoms with Crippen molar-refractivity contribution in [1.29, 1.82) is 0 Å². The molecular formula is C45H27N3. The van der Waals surface area contributed by atoms with E-state index in [0.29, 0.717) is 0 Å². The molecule has 3 aromatic heterocycles. The predicted molar refractivity (Wildman–Crippen MR) is 200 cm³/mol. The van der Waals surface area contributed by atoms with Crippen LogP contribution in [0, 0.1) is 0 Å². The maximum absolute atomic E-state index is 4.86. The summed E-state index contributed by atoms with van der Waals surface area (Å²) in [5, 5.41) is 7.49. The summed E-state index contributed by atoms with van der Waals surface area (Å²) in [6.07, 6.45) is 1.96. The van der Waals surface area contributed by atoms with Crippen molar-refractivity contribution in [2.24, 2.45) is 0 Å². The van der Waals surface area contributed by atoms with E-state index in [-0.39, 0.29) is 0 Å². The lowest BCUT2D eigenvalue weighted by Crippen LogP contribution is -1.96. The SMILES string of the molecule is c1ccc(-n2c3ccccc3c3cc(-c4ccc5c(c4)c4ccccc4n5-c4ccc5c6c(nccc46)-c4ccccc4-5)ccc32)cc1. The average Bonchev–Trinajstić information content (AvgIpc) is 3.78. The number of pyridine rings is 1. The van der Waals surface area contributed by atoms with Crippen molar-refractivity contribution in [1.82, 2.24) is 14.1 Å². The molecule has 0 radical (unpaired) electrons. The van der Waals surface area contributed by atoms with Gasteiger partial charge in [0.05, 0.1) is 33.4 Å². The molecule has 3 nitrogen and oxygen atoms in total. The Morgan fingerprint density at radius 1 is 0.375 bits per heavy atom. The minimum absolute atomic E-state index is 1.08. The first-order valence-electron chi connectivity index (χ1n) is 16.5. The van der Waals surface area contributed by atoms with Gasteiger partial charge in [0.2, 0.25) is 0 Å². The zero-order valence-electron chi connectivity index (χ0n) is 25.9. The van der Waals surface area contributed by atoms with Gasteiger partial charge < -0.3 is 9.13 Å². The Morgan fingerprint density at radius 2 is 0.958 bits per heavy atom. The Bertz CT molecular complexity index is 2910. The summed E-state index contributed by atoms with van der Waals surface area (Å²) in [7, 11) is 0. The van der Waals surface area contributed by atoms with Gasteiger partial charge in [0.25, 0.3) is 0 Å². The molecule has 0 aliphatic heterocycles. The van der Waals surface area contributed by atoms with Gasteiger partial charge in [-0.2, -0.15) is 0 Å². The molecule has 0 atom stereocenters. The first-order valence-corrected chi connectivity index (χ1v) is 16.5. The lowest BCUT2D eigenvalue weighted by Gasteiger charge is -2.13. The van der Waals surface area contributed by atoms with E-state index in [9.17, 15) is 0 Å². The molecule has 0 unspecified atom stereocenters. The van der Waals surface area contributed by atoms with Crippen LogP contribution >= 0.6 is 0 Å². The predicted octanol–water partition coefficient (Wildman–Crippen LogP) is 11.7. The Balaban J connectivity index is 1.13. The highest BCUT2D eigenvalue weighted by molar-refractivity contribution is 6.18. The number of aromatic nitrogens is 3. The van der Waals surface area contributed by atoms with Crippen LogP contribution in [0.15, 0.2) is 164 Å². The Labute approximate surface area is 276 Å². The van der Waals surface area contributed by atoms with Gasteiger partial charge in [-0.25, -0.2) is 0 Å². The zero-order valence-corrected chi connectivity index (χ0v) is 25.9. The topological polar surface area (TPSA) is 22.8 Å². The summed E-state index contributed by atoms with van der Waals surface area (Å²) >= 11 is 0. The van der Waals surface area contributed by atoms with Crippen LogP contribution in [0.2, 0.25) is 0 Å². The van der Waals surface area contributed by atoms with Gasteiger partial charge in [0.1, 0.15) is 0 Å². The summed E-state index contributed by atoms with van der Waals surface area (Å²) in [5.74, 6) is 0. The number of rotatable bonds is 3. The van der Waals surface area contributed by atoms with Crippen molar-refractivity contribution in [3.05, 3.63) is 164 Å². The quantitative estimate of drug-likeness (QED) is 0.195. The molecule has 3 heterocycles. The Morgan fingerprint density at radius 3 is 1.69 bits per heavy atom. The first-order chi connectivity index (χ1) is 23.8. The van der Waals surface area contributed by atoms with E-state index < -0.39 is 0 Å². The average molecular weight is 610 g/mol. The number of para-hydroxylation sites is 3. The van der Waals surface area contributed by atoms with Crippen LogP contribution in [-0.4, -0.2) is 14.1 Å². The first kappa shape index (κ1) is 25.7. The minimum Gasteiger partial charge on any atom is -0.309 e. The second kappa shape index (κ2) is 9.54. The van der Waals surface area contributed by atoms with Gasteiger partial charge in [-0.3, -0.25) is 4.98 Å². The van der Waals surface area contributed by atoms with Crippen LogP contribution < -0.4 is 0 Å². The molecule has 1 aliphatic rings. The molecule has 0 fully saturated rings. The number of nitrogens with zero attached hydrogens (tertiary/aromatic N) is 3. The molecule has 1 aliphatic carbocycles. The third-order valence-corrected chi connectivity index (χ3v) is 10.3. The van der Waals surface area contributed by atoms with Crippen LogP contribution in [-0.2, 0) is 0 Å². The number of hydrogen-bond acceptors (Lipinski definition) is 1.